The third kappa shape index (κ3) is 5.19. The van der Waals surface area contributed by atoms with Crippen LogP contribution in [0.1, 0.15) is 18.1 Å². The van der Waals surface area contributed by atoms with Crippen molar-refractivity contribution >= 4 is 5.97 Å². The van der Waals surface area contributed by atoms with Crippen LogP contribution in [0.4, 0.5) is 0 Å². The van der Waals surface area contributed by atoms with Crippen LogP contribution in [-0.4, -0.2) is 17.6 Å². The Morgan fingerprint density at radius 3 is 1.82 bits per heavy atom. The molecule has 0 amide bonds. The largest absolute Gasteiger partial charge is 0.446 e. The lowest BCUT2D eigenvalue weighted by Gasteiger charge is -2.22. The summed E-state index contributed by atoms with van der Waals surface area (Å²) in [4.78, 5) is 13.7. The van der Waals surface area contributed by atoms with Crippen molar-refractivity contribution in [2.75, 3.05) is 6.73 Å². The Morgan fingerprint density at radius 2 is 1.41 bits per heavy atom. The van der Waals surface area contributed by atoms with E-state index >= 15 is 0 Å². The number of carbonyl (C=O) groups is 1. The number of carbonyl (C=O) groups excluding carboxylic acids is 1. The predicted octanol–water partition coefficient (Wildman–Crippen LogP) is 3.77. The van der Waals surface area contributed by atoms with Crippen molar-refractivity contribution in [3.63, 3.8) is 0 Å². The van der Waals surface area contributed by atoms with Gasteiger partial charge in [0, 0.05) is 18.7 Å². The van der Waals surface area contributed by atoms with Gasteiger partial charge in [0.05, 0.1) is 0 Å². The average molecular weight is 295 g/mol. The zero-order chi connectivity index (χ0) is 15.8. The van der Waals surface area contributed by atoms with Gasteiger partial charge < -0.3 is 4.74 Å². The van der Waals surface area contributed by atoms with E-state index in [0.717, 1.165) is 13.1 Å². The van der Waals surface area contributed by atoms with Crippen LogP contribution >= 0.6 is 0 Å². The molecule has 0 fully saturated rings. The fraction of sp³-hybridized carbons (Fsp3) is 0.211. The van der Waals surface area contributed by atoms with Crippen LogP contribution < -0.4 is 0 Å². The topological polar surface area (TPSA) is 29.5 Å². The fourth-order valence-corrected chi connectivity index (χ4v) is 2.10. The molecule has 0 N–H and O–H groups in total. The first kappa shape index (κ1) is 16.0. The molecule has 3 heteroatoms. The zero-order valence-electron chi connectivity index (χ0n) is 12.9. The first-order valence-electron chi connectivity index (χ1n) is 7.28. The minimum atomic E-state index is -0.355. The van der Waals surface area contributed by atoms with Crippen LogP contribution in [0.15, 0.2) is 72.8 Å². The van der Waals surface area contributed by atoms with Gasteiger partial charge in [-0.3, -0.25) is 4.90 Å². The van der Waals surface area contributed by atoms with Gasteiger partial charge in [-0.15, -0.1) is 0 Å². The molecule has 0 radical (unpaired) electrons. The molecule has 0 spiro atoms. The van der Waals surface area contributed by atoms with Crippen molar-refractivity contribution < 1.29 is 9.53 Å². The molecular formula is C19H21NO2. The van der Waals surface area contributed by atoms with Crippen LogP contribution in [-0.2, 0) is 22.6 Å². The molecule has 2 rings (SSSR count). The highest BCUT2D eigenvalue weighted by Crippen LogP contribution is 2.10. The van der Waals surface area contributed by atoms with Gasteiger partial charge in [-0.25, -0.2) is 4.79 Å². The number of esters is 1. The second-order valence-corrected chi connectivity index (χ2v) is 5.30. The van der Waals surface area contributed by atoms with Crippen molar-refractivity contribution in [2.24, 2.45) is 0 Å². The lowest BCUT2D eigenvalue weighted by atomic mass is 10.2. The van der Waals surface area contributed by atoms with Crippen LogP contribution in [0, 0.1) is 0 Å². The Bertz CT molecular complexity index is 566. The maximum Gasteiger partial charge on any atom is 0.334 e. The maximum atomic E-state index is 11.6. The molecule has 0 heterocycles. The standard InChI is InChI=1S/C19H21NO2/c1-16(2)19(21)22-15-20(13-17-9-5-3-6-10-17)14-18-11-7-4-8-12-18/h3-12H,1,13-15H2,2H3. The molecule has 0 aliphatic carbocycles. The minimum Gasteiger partial charge on any atom is -0.446 e. The van der Waals surface area contributed by atoms with Gasteiger partial charge in [0.2, 0.25) is 0 Å². The summed E-state index contributed by atoms with van der Waals surface area (Å²) in [6, 6.07) is 20.3. The van der Waals surface area contributed by atoms with E-state index in [2.05, 4.69) is 35.7 Å². The molecule has 3 nitrogen and oxygen atoms in total. The highest BCUT2D eigenvalue weighted by Gasteiger charge is 2.10. The van der Waals surface area contributed by atoms with Gasteiger partial charge in [0.15, 0.2) is 0 Å². The molecule has 0 aliphatic heterocycles. The van der Waals surface area contributed by atoms with E-state index in [1.54, 1.807) is 6.92 Å². The Labute approximate surface area is 131 Å². The normalized spacial score (nSPS) is 10.5. The smallest absolute Gasteiger partial charge is 0.334 e. The van der Waals surface area contributed by atoms with Crippen LogP contribution in [0.2, 0.25) is 0 Å². The molecule has 0 aromatic heterocycles. The predicted molar refractivity (Wildman–Crippen MR) is 87.9 cm³/mol. The number of ether oxygens (including phenoxy) is 1. The second kappa shape index (κ2) is 8.15. The first-order chi connectivity index (χ1) is 10.6. The van der Waals surface area contributed by atoms with Gasteiger partial charge in [-0.2, -0.15) is 0 Å². The molecule has 0 bridgehead atoms. The monoisotopic (exact) mass is 295 g/mol. The summed E-state index contributed by atoms with van der Waals surface area (Å²) in [5.41, 5.74) is 2.79. The van der Waals surface area contributed by atoms with Crippen molar-refractivity contribution in [1.29, 1.82) is 0 Å². The lowest BCUT2D eigenvalue weighted by molar-refractivity contribution is -0.144. The zero-order valence-corrected chi connectivity index (χ0v) is 12.9. The summed E-state index contributed by atoms with van der Waals surface area (Å²) in [5, 5.41) is 0. The summed E-state index contributed by atoms with van der Waals surface area (Å²) < 4.78 is 5.30. The molecule has 114 valence electrons. The molecule has 2 aromatic rings. The third-order valence-corrected chi connectivity index (χ3v) is 3.22. The molecule has 0 atom stereocenters. The van der Waals surface area contributed by atoms with Crippen molar-refractivity contribution in [3.05, 3.63) is 83.9 Å². The number of benzene rings is 2. The Morgan fingerprint density at radius 1 is 0.955 bits per heavy atom. The number of rotatable bonds is 7. The number of hydrogen-bond acceptors (Lipinski definition) is 3. The van der Waals surface area contributed by atoms with Crippen molar-refractivity contribution in [3.8, 4) is 0 Å². The summed E-state index contributed by atoms with van der Waals surface area (Å²) in [5.74, 6) is -0.355. The van der Waals surface area contributed by atoms with Crippen molar-refractivity contribution in [1.82, 2.24) is 4.90 Å². The molecule has 2 aromatic carbocycles. The van der Waals surface area contributed by atoms with Gasteiger partial charge >= 0.3 is 5.97 Å². The number of nitrogens with zero attached hydrogens (tertiary/aromatic N) is 1. The van der Waals surface area contributed by atoms with Crippen molar-refractivity contribution in [2.45, 2.75) is 20.0 Å². The molecule has 22 heavy (non-hydrogen) atoms. The van der Waals surface area contributed by atoms with E-state index in [1.165, 1.54) is 11.1 Å². The molecule has 0 unspecified atom stereocenters. The minimum absolute atomic E-state index is 0.246. The van der Waals surface area contributed by atoms with Gasteiger partial charge in [-0.05, 0) is 18.1 Å². The van der Waals surface area contributed by atoms with Crippen LogP contribution in [0.5, 0.6) is 0 Å². The fourth-order valence-electron chi connectivity index (χ4n) is 2.10. The summed E-state index contributed by atoms with van der Waals surface area (Å²) in [6.45, 7) is 6.95. The first-order valence-corrected chi connectivity index (χ1v) is 7.28. The van der Waals surface area contributed by atoms with E-state index in [9.17, 15) is 4.79 Å². The molecule has 0 saturated carbocycles. The van der Waals surface area contributed by atoms with E-state index in [-0.39, 0.29) is 12.7 Å². The SMILES string of the molecule is C=C(C)C(=O)OCN(Cc1ccccc1)Cc1ccccc1. The molecule has 0 aliphatic rings. The summed E-state index contributed by atoms with van der Waals surface area (Å²) >= 11 is 0. The Hall–Kier alpha value is -2.39. The van der Waals surface area contributed by atoms with Crippen LogP contribution in [0.3, 0.4) is 0 Å². The highest BCUT2D eigenvalue weighted by atomic mass is 16.5. The maximum absolute atomic E-state index is 11.6. The van der Waals surface area contributed by atoms with Gasteiger partial charge in [0.1, 0.15) is 6.73 Å². The quantitative estimate of drug-likeness (QED) is 0.442. The third-order valence-electron chi connectivity index (χ3n) is 3.22. The lowest BCUT2D eigenvalue weighted by Crippen LogP contribution is -2.27. The van der Waals surface area contributed by atoms with Gasteiger partial charge in [0.25, 0.3) is 0 Å². The highest BCUT2D eigenvalue weighted by molar-refractivity contribution is 5.86. The van der Waals surface area contributed by atoms with Crippen LogP contribution in [0.25, 0.3) is 0 Å². The summed E-state index contributed by atoms with van der Waals surface area (Å²) in [6.07, 6.45) is 0. The Balaban J connectivity index is 2.03. The summed E-state index contributed by atoms with van der Waals surface area (Å²) in [7, 11) is 0. The van der Waals surface area contributed by atoms with E-state index in [4.69, 9.17) is 4.74 Å². The van der Waals surface area contributed by atoms with Gasteiger partial charge in [-0.1, -0.05) is 67.2 Å². The second-order valence-electron chi connectivity index (χ2n) is 5.30. The average Bonchev–Trinajstić information content (AvgIpc) is 2.54. The van der Waals surface area contributed by atoms with E-state index in [0.29, 0.717) is 5.57 Å². The van der Waals surface area contributed by atoms with E-state index in [1.807, 2.05) is 36.4 Å². The molecular weight excluding hydrogens is 274 g/mol. The Kier molecular flexibility index (Phi) is 5.92. The number of hydrogen-bond donors (Lipinski definition) is 0. The van der Waals surface area contributed by atoms with E-state index < -0.39 is 0 Å². The molecule has 0 saturated heterocycles.